The van der Waals surface area contributed by atoms with Gasteiger partial charge in [0, 0.05) is 11.8 Å². The standard InChI is InChI=1S/C13H19NO2S/c1-10-5-6-11(17(2,15)16)9-12(10)13(14)7-3-4-8-13/h5-6,9H,3-4,7-8,14H2,1-2H3. The lowest BCUT2D eigenvalue weighted by Crippen LogP contribution is -2.34. The Kier molecular flexibility index (Phi) is 3.04. The molecule has 0 spiro atoms. The van der Waals surface area contributed by atoms with E-state index in [1.807, 2.05) is 13.0 Å². The van der Waals surface area contributed by atoms with Crippen LogP contribution in [0.4, 0.5) is 0 Å². The summed E-state index contributed by atoms with van der Waals surface area (Å²) in [6, 6.07) is 5.28. The van der Waals surface area contributed by atoms with Crippen molar-refractivity contribution in [1.82, 2.24) is 0 Å². The molecule has 1 aromatic carbocycles. The largest absolute Gasteiger partial charge is 0.321 e. The molecule has 0 bridgehead atoms. The molecule has 1 aromatic rings. The fourth-order valence-electron chi connectivity index (χ4n) is 2.64. The molecule has 4 heteroatoms. The van der Waals surface area contributed by atoms with Gasteiger partial charge in [0.05, 0.1) is 4.90 Å². The van der Waals surface area contributed by atoms with Gasteiger partial charge in [0.2, 0.25) is 0 Å². The van der Waals surface area contributed by atoms with Crippen LogP contribution in [-0.4, -0.2) is 14.7 Å². The van der Waals surface area contributed by atoms with Gasteiger partial charge in [0.25, 0.3) is 0 Å². The lowest BCUT2D eigenvalue weighted by molar-refractivity contribution is 0.458. The van der Waals surface area contributed by atoms with Crippen LogP contribution in [0.5, 0.6) is 0 Å². The molecule has 0 heterocycles. The van der Waals surface area contributed by atoms with E-state index < -0.39 is 9.84 Å². The van der Waals surface area contributed by atoms with Crippen molar-refractivity contribution in [2.24, 2.45) is 5.73 Å². The summed E-state index contributed by atoms with van der Waals surface area (Å²) in [7, 11) is -3.15. The van der Waals surface area contributed by atoms with Gasteiger partial charge in [-0.05, 0) is 43.0 Å². The number of sulfone groups is 1. The Labute approximate surface area is 103 Å². The maximum absolute atomic E-state index is 11.6. The summed E-state index contributed by atoms with van der Waals surface area (Å²) in [5, 5.41) is 0. The van der Waals surface area contributed by atoms with Crippen molar-refractivity contribution in [1.29, 1.82) is 0 Å². The summed E-state index contributed by atoms with van der Waals surface area (Å²) >= 11 is 0. The first-order valence-corrected chi connectivity index (χ1v) is 7.82. The van der Waals surface area contributed by atoms with Gasteiger partial charge >= 0.3 is 0 Å². The molecular weight excluding hydrogens is 234 g/mol. The maximum Gasteiger partial charge on any atom is 0.175 e. The Hall–Kier alpha value is -0.870. The van der Waals surface area contributed by atoms with E-state index in [9.17, 15) is 8.42 Å². The number of aryl methyl sites for hydroxylation is 1. The Bertz CT molecular complexity index is 528. The quantitative estimate of drug-likeness (QED) is 0.878. The summed E-state index contributed by atoms with van der Waals surface area (Å²) in [5.74, 6) is 0. The van der Waals surface area contributed by atoms with E-state index in [0.29, 0.717) is 4.90 Å². The molecule has 17 heavy (non-hydrogen) atoms. The van der Waals surface area contributed by atoms with E-state index in [0.717, 1.165) is 36.8 Å². The van der Waals surface area contributed by atoms with Crippen LogP contribution in [0.2, 0.25) is 0 Å². The molecule has 0 aliphatic heterocycles. The van der Waals surface area contributed by atoms with Crippen molar-refractivity contribution in [2.75, 3.05) is 6.26 Å². The summed E-state index contributed by atoms with van der Waals surface area (Å²) in [6.45, 7) is 1.99. The Morgan fingerprint density at radius 1 is 1.24 bits per heavy atom. The van der Waals surface area contributed by atoms with Crippen molar-refractivity contribution in [3.05, 3.63) is 29.3 Å². The second kappa shape index (κ2) is 4.10. The molecule has 0 unspecified atom stereocenters. The van der Waals surface area contributed by atoms with Crippen LogP contribution >= 0.6 is 0 Å². The van der Waals surface area contributed by atoms with Crippen LogP contribution in [-0.2, 0) is 15.4 Å². The zero-order valence-corrected chi connectivity index (χ0v) is 11.2. The predicted octanol–water partition coefficient (Wildman–Crippen LogP) is 2.13. The van der Waals surface area contributed by atoms with E-state index in [2.05, 4.69) is 0 Å². The van der Waals surface area contributed by atoms with Gasteiger partial charge in [-0.25, -0.2) is 8.42 Å². The van der Waals surface area contributed by atoms with Crippen molar-refractivity contribution in [3.63, 3.8) is 0 Å². The van der Waals surface area contributed by atoms with Gasteiger partial charge in [-0.15, -0.1) is 0 Å². The first-order chi connectivity index (χ1) is 7.83. The van der Waals surface area contributed by atoms with Crippen LogP contribution in [0.15, 0.2) is 23.1 Å². The minimum atomic E-state index is -3.15. The second-order valence-corrected chi connectivity index (χ2v) is 7.13. The summed E-state index contributed by atoms with van der Waals surface area (Å²) in [6.07, 6.45) is 5.37. The highest BCUT2D eigenvalue weighted by molar-refractivity contribution is 7.90. The third-order valence-electron chi connectivity index (χ3n) is 3.67. The summed E-state index contributed by atoms with van der Waals surface area (Å²) < 4.78 is 23.1. The van der Waals surface area contributed by atoms with E-state index in [1.54, 1.807) is 12.1 Å². The SMILES string of the molecule is Cc1ccc(S(C)(=O)=O)cc1C1(N)CCCC1. The minimum absolute atomic E-state index is 0.329. The second-order valence-electron chi connectivity index (χ2n) is 5.11. The molecule has 0 saturated heterocycles. The Morgan fingerprint density at radius 2 is 1.82 bits per heavy atom. The fourth-order valence-corrected chi connectivity index (χ4v) is 3.29. The van der Waals surface area contributed by atoms with Gasteiger partial charge in [-0.3, -0.25) is 0 Å². The van der Waals surface area contributed by atoms with Crippen LogP contribution in [0, 0.1) is 6.92 Å². The van der Waals surface area contributed by atoms with E-state index in [4.69, 9.17) is 5.73 Å². The van der Waals surface area contributed by atoms with Gasteiger partial charge in [0.15, 0.2) is 9.84 Å². The molecule has 2 N–H and O–H groups in total. The zero-order chi connectivity index (χ0) is 12.7. The van der Waals surface area contributed by atoms with Crippen molar-refractivity contribution < 1.29 is 8.42 Å². The van der Waals surface area contributed by atoms with Crippen LogP contribution < -0.4 is 5.73 Å². The smallest absolute Gasteiger partial charge is 0.175 e. The number of nitrogens with two attached hydrogens (primary N) is 1. The number of rotatable bonds is 2. The molecule has 3 nitrogen and oxygen atoms in total. The zero-order valence-electron chi connectivity index (χ0n) is 10.4. The minimum Gasteiger partial charge on any atom is -0.321 e. The van der Waals surface area contributed by atoms with Crippen molar-refractivity contribution in [2.45, 2.75) is 43.0 Å². The van der Waals surface area contributed by atoms with E-state index in [-0.39, 0.29) is 5.54 Å². The normalized spacial score (nSPS) is 19.5. The first kappa shape index (κ1) is 12.6. The molecule has 0 aromatic heterocycles. The van der Waals surface area contributed by atoms with Gasteiger partial charge in [-0.1, -0.05) is 18.9 Å². The molecule has 1 aliphatic rings. The topological polar surface area (TPSA) is 60.2 Å². The number of hydrogen-bond acceptors (Lipinski definition) is 3. The third kappa shape index (κ3) is 2.38. The van der Waals surface area contributed by atoms with Crippen LogP contribution in [0.1, 0.15) is 36.8 Å². The molecule has 1 fully saturated rings. The highest BCUT2D eigenvalue weighted by atomic mass is 32.2. The lowest BCUT2D eigenvalue weighted by atomic mass is 9.86. The first-order valence-electron chi connectivity index (χ1n) is 5.93. The van der Waals surface area contributed by atoms with E-state index in [1.165, 1.54) is 6.26 Å². The van der Waals surface area contributed by atoms with E-state index >= 15 is 0 Å². The van der Waals surface area contributed by atoms with Crippen LogP contribution in [0.3, 0.4) is 0 Å². The Morgan fingerprint density at radius 3 is 2.35 bits per heavy atom. The Balaban J connectivity index is 2.54. The predicted molar refractivity (Wildman–Crippen MR) is 68.6 cm³/mol. The fraction of sp³-hybridized carbons (Fsp3) is 0.538. The number of hydrogen-bond donors (Lipinski definition) is 1. The molecule has 94 valence electrons. The molecule has 0 radical (unpaired) electrons. The molecule has 0 atom stereocenters. The summed E-state index contributed by atoms with van der Waals surface area (Å²) in [4.78, 5) is 0.370. The van der Waals surface area contributed by atoms with Crippen molar-refractivity contribution >= 4 is 9.84 Å². The highest BCUT2D eigenvalue weighted by Crippen LogP contribution is 2.38. The average Bonchev–Trinajstić information content (AvgIpc) is 2.65. The van der Waals surface area contributed by atoms with Crippen LogP contribution in [0.25, 0.3) is 0 Å². The average molecular weight is 253 g/mol. The van der Waals surface area contributed by atoms with Gasteiger partial charge in [0.1, 0.15) is 0 Å². The highest BCUT2D eigenvalue weighted by Gasteiger charge is 2.32. The van der Waals surface area contributed by atoms with Crippen molar-refractivity contribution in [3.8, 4) is 0 Å². The number of benzene rings is 1. The maximum atomic E-state index is 11.6. The molecular formula is C13H19NO2S. The lowest BCUT2D eigenvalue weighted by Gasteiger charge is -2.26. The molecule has 0 amide bonds. The van der Waals surface area contributed by atoms with Gasteiger partial charge < -0.3 is 5.73 Å². The molecule has 2 rings (SSSR count). The van der Waals surface area contributed by atoms with Gasteiger partial charge in [-0.2, -0.15) is 0 Å². The monoisotopic (exact) mass is 253 g/mol. The molecule has 1 aliphatic carbocycles. The molecule has 1 saturated carbocycles. The third-order valence-corrected chi connectivity index (χ3v) is 4.78. The summed E-state index contributed by atoms with van der Waals surface area (Å²) in [5.41, 5.74) is 8.15.